The van der Waals surface area contributed by atoms with Crippen LogP contribution in [-0.2, 0) is 4.74 Å². The van der Waals surface area contributed by atoms with Gasteiger partial charge < -0.3 is 19.9 Å². The van der Waals surface area contributed by atoms with Crippen molar-refractivity contribution in [3.63, 3.8) is 0 Å². The van der Waals surface area contributed by atoms with E-state index in [0.717, 1.165) is 0 Å². The van der Waals surface area contributed by atoms with Crippen LogP contribution in [0.4, 0.5) is 15.0 Å². The Bertz CT molecular complexity index is 761. The van der Waals surface area contributed by atoms with Gasteiger partial charge in [0.05, 0.1) is 18.9 Å². The zero-order valence-electron chi connectivity index (χ0n) is 13.5. The minimum Gasteiger partial charge on any atom is -0.444 e. The summed E-state index contributed by atoms with van der Waals surface area (Å²) in [5, 5.41) is 2.99. The molecule has 0 bridgehead atoms. The van der Waals surface area contributed by atoms with Crippen molar-refractivity contribution in [2.75, 3.05) is 18.4 Å². The number of ether oxygens (including phenoxy) is 1. The van der Waals surface area contributed by atoms with Crippen LogP contribution in [0.15, 0.2) is 6.33 Å². The molecule has 0 aromatic carbocycles. The maximum absolute atomic E-state index is 14.3. The first-order valence-corrected chi connectivity index (χ1v) is 7.86. The Kier molecular flexibility index (Phi) is 4.20. The molecule has 0 saturated carbocycles. The van der Waals surface area contributed by atoms with Crippen molar-refractivity contribution in [2.24, 2.45) is 0 Å². The van der Waals surface area contributed by atoms with E-state index < -0.39 is 23.9 Å². The third kappa shape index (κ3) is 3.50. The molecule has 10 heteroatoms. The summed E-state index contributed by atoms with van der Waals surface area (Å²) in [7, 11) is 0. The molecule has 0 radical (unpaired) electrons. The van der Waals surface area contributed by atoms with Crippen molar-refractivity contribution in [3.05, 3.63) is 11.6 Å². The van der Waals surface area contributed by atoms with Gasteiger partial charge in [-0.2, -0.15) is 9.97 Å². The number of carbonyl (C=O) groups excluding carboxylic acids is 1. The zero-order chi connectivity index (χ0) is 17.5. The number of halogens is 2. The lowest BCUT2D eigenvalue weighted by Crippen LogP contribution is -2.36. The van der Waals surface area contributed by atoms with Crippen LogP contribution in [0.5, 0.6) is 0 Å². The first kappa shape index (κ1) is 16.7. The number of H-pyrrole nitrogens is 1. The number of fused-ring (bicyclic) bond motifs is 1. The molecule has 0 unspecified atom stereocenters. The monoisotopic (exact) mass is 356 g/mol. The lowest BCUT2D eigenvalue weighted by molar-refractivity contribution is 0.0283. The van der Waals surface area contributed by atoms with Gasteiger partial charge in [0.2, 0.25) is 5.28 Å². The van der Waals surface area contributed by atoms with Crippen LogP contribution in [0.1, 0.15) is 20.8 Å². The van der Waals surface area contributed by atoms with Gasteiger partial charge in [0.25, 0.3) is 0 Å². The van der Waals surface area contributed by atoms with Crippen LogP contribution < -0.4 is 5.32 Å². The van der Waals surface area contributed by atoms with E-state index in [0.29, 0.717) is 17.0 Å². The molecule has 0 aliphatic carbocycles. The zero-order valence-corrected chi connectivity index (χ0v) is 14.3. The van der Waals surface area contributed by atoms with Crippen molar-refractivity contribution < 1.29 is 13.9 Å². The van der Waals surface area contributed by atoms with E-state index in [1.54, 1.807) is 20.8 Å². The molecule has 2 aromatic heterocycles. The third-order valence-electron chi connectivity index (χ3n) is 3.48. The van der Waals surface area contributed by atoms with Crippen LogP contribution in [0.2, 0.25) is 5.28 Å². The SMILES string of the molecule is CC(C)(C)OC(=O)N1C[C@@H](F)[C@H](Nc2nc(Cl)nc3nc[nH]c23)C1. The normalized spacial score (nSPS) is 21.3. The van der Waals surface area contributed by atoms with E-state index in [2.05, 4.69) is 25.3 Å². The van der Waals surface area contributed by atoms with E-state index in [-0.39, 0.29) is 18.4 Å². The number of nitrogens with one attached hydrogen (secondary N) is 2. The smallest absolute Gasteiger partial charge is 0.410 e. The molecule has 3 heterocycles. The number of amides is 1. The van der Waals surface area contributed by atoms with Gasteiger partial charge in [-0.3, -0.25) is 0 Å². The Hall–Kier alpha value is -2.16. The number of hydrogen-bond donors (Lipinski definition) is 2. The number of anilines is 1. The number of aromatic nitrogens is 4. The van der Waals surface area contributed by atoms with E-state index in [1.165, 1.54) is 11.2 Å². The molecule has 1 fully saturated rings. The Labute approximate surface area is 142 Å². The minimum absolute atomic E-state index is 0.00880. The molecule has 2 N–H and O–H groups in total. The number of hydrogen-bond acceptors (Lipinski definition) is 6. The minimum atomic E-state index is -1.26. The van der Waals surface area contributed by atoms with Crippen LogP contribution in [-0.4, -0.2) is 61.8 Å². The summed E-state index contributed by atoms with van der Waals surface area (Å²) < 4.78 is 19.6. The van der Waals surface area contributed by atoms with Crippen LogP contribution in [0, 0.1) is 0 Å². The molecule has 0 spiro atoms. The maximum Gasteiger partial charge on any atom is 0.410 e. The molecule has 1 amide bonds. The summed E-state index contributed by atoms with van der Waals surface area (Å²) in [5.41, 5.74) is 0.286. The molecule has 24 heavy (non-hydrogen) atoms. The van der Waals surface area contributed by atoms with Crippen molar-refractivity contribution in [2.45, 2.75) is 38.6 Å². The largest absolute Gasteiger partial charge is 0.444 e. The highest BCUT2D eigenvalue weighted by atomic mass is 35.5. The Morgan fingerprint density at radius 1 is 1.46 bits per heavy atom. The van der Waals surface area contributed by atoms with E-state index in [9.17, 15) is 9.18 Å². The van der Waals surface area contributed by atoms with Gasteiger partial charge in [0, 0.05) is 6.54 Å². The summed E-state index contributed by atoms with van der Waals surface area (Å²) in [6.45, 7) is 5.41. The molecule has 1 saturated heterocycles. The maximum atomic E-state index is 14.3. The highest BCUT2D eigenvalue weighted by Crippen LogP contribution is 2.24. The second-order valence-corrected chi connectivity index (χ2v) is 6.93. The van der Waals surface area contributed by atoms with E-state index >= 15 is 0 Å². The number of aromatic amines is 1. The number of carbonyl (C=O) groups is 1. The summed E-state index contributed by atoms with van der Waals surface area (Å²) >= 11 is 5.86. The summed E-state index contributed by atoms with van der Waals surface area (Å²) in [5.74, 6) is 0.348. The predicted octanol–water partition coefficient (Wildman–Crippen LogP) is 2.38. The van der Waals surface area contributed by atoms with Crippen molar-refractivity contribution in [3.8, 4) is 0 Å². The number of alkyl halides is 1. The van der Waals surface area contributed by atoms with Crippen LogP contribution >= 0.6 is 11.6 Å². The molecular formula is C14H18ClFN6O2. The highest BCUT2D eigenvalue weighted by Gasteiger charge is 2.38. The summed E-state index contributed by atoms with van der Waals surface area (Å²) in [6, 6.07) is -0.630. The molecule has 2 atom stereocenters. The third-order valence-corrected chi connectivity index (χ3v) is 3.65. The number of nitrogens with zero attached hydrogens (tertiary/aromatic N) is 4. The van der Waals surface area contributed by atoms with Gasteiger partial charge in [-0.1, -0.05) is 0 Å². The van der Waals surface area contributed by atoms with Crippen LogP contribution in [0.3, 0.4) is 0 Å². The topological polar surface area (TPSA) is 96.0 Å². The Balaban J connectivity index is 1.74. The molecule has 1 aliphatic heterocycles. The average molecular weight is 357 g/mol. The molecule has 2 aromatic rings. The standard InChI is InChI=1S/C14H18ClFN6O2/c1-14(2,3)24-13(23)22-4-7(16)8(5-22)19-11-9-10(18-6-17-9)20-12(15)21-11/h6-8H,4-5H2,1-3H3,(H2,17,18,19,20,21)/t7-,8-/m1/s1. The molecule has 8 nitrogen and oxygen atoms in total. The second kappa shape index (κ2) is 6.04. The van der Waals surface area contributed by atoms with Crippen molar-refractivity contribution >= 4 is 34.7 Å². The Morgan fingerprint density at radius 2 is 2.21 bits per heavy atom. The fourth-order valence-electron chi connectivity index (χ4n) is 2.46. The number of likely N-dealkylation sites (tertiary alicyclic amines) is 1. The number of imidazole rings is 1. The fourth-order valence-corrected chi connectivity index (χ4v) is 2.63. The lowest BCUT2D eigenvalue weighted by Gasteiger charge is -2.24. The molecular weight excluding hydrogens is 339 g/mol. The van der Waals surface area contributed by atoms with Crippen molar-refractivity contribution in [1.82, 2.24) is 24.8 Å². The second-order valence-electron chi connectivity index (χ2n) is 6.59. The average Bonchev–Trinajstić information content (AvgIpc) is 3.04. The first-order chi connectivity index (χ1) is 11.2. The van der Waals surface area contributed by atoms with Gasteiger partial charge in [0.1, 0.15) is 17.3 Å². The highest BCUT2D eigenvalue weighted by molar-refractivity contribution is 6.28. The van der Waals surface area contributed by atoms with Gasteiger partial charge in [-0.25, -0.2) is 14.2 Å². The van der Waals surface area contributed by atoms with Crippen LogP contribution in [0.25, 0.3) is 11.2 Å². The summed E-state index contributed by atoms with van der Waals surface area (Å²) in [6.07, 6.45) is -0.346. The molecule has 3 rings (SSSR count). The van der Waals surface area contributed by atoms with Gasteiger partial charge in [0.15, 0.2) is 11.5 Å². The first-order valence-electron chi connectivity index (χ1n) is 7.48. The van der Waals surface area contributed by atoms with E-state index in [1.807, 2.05) is 0 Å². The fraction of sp³-hybridized carbons (Fsp3) is 0.571. The lowest BCUT2D eigenvalue weighted by atomic mass is 10.2. The molecule has 1 aliphatic rings. The van der Waals surface area contributed by atoms with Gasteiger partial charge >= 0.3 is 6.09 Å². The van der Waals surface area contributed by atoms with Crippen molar-refractivity contribution in [1.29, 1.82) is 0 Å². The number of rotatable bonds is 2. The summed E-state index contributed by atoms with van der Waals surface area (Å²) in [4.78, 5) is 28.3. The molecule has 130 valence electrons. The van der Waals surface area contributed by atoms with Gasteiger partial charge in [-0.05, 0) is 32.4 Å². The quantitative estimate of drug-likeness (QED) is 0.802. The predicted molar refractivity (Wildman–Crippen MR) is 86.8 cm³/mol. The Morgan fingerprint density at radius 3 is 2.92 bits per heavy atom. The van der Waals surface area contributed by atoms with Gasteiger partial charge in [-0.15, -0.1) is 0 Å². The van der Waals surface area contributed by atoms with E-state index in [4.69, 9.17) is 16.3 Å².